The molecule has 1 aromatic carbocycles. The van der Waals surface area contributed by atoms with E-state index in [-0.39, 0.29) is 5.91 Å². The molecule has 1 amide bonds. The van der Waals surface area contributed by atoms with Gasteiger partial charge in [0.15, 0.2) is 0 Å². The van der Waals surface area contributed by atoms with E-state index in [1.807, 2.05) is 17.5 Å². The molecule has 1 N–H and O–H groups in total. The van der Waals surface area contributed by atoms with Crippen LogP contribution in [0.3, 0.4) is 0 Å². The molecule has 0 aliphatic heterocycles. The molecule has 0 fully saturated rings. The molecule has 3 heterocycles. The van der Waals surface area contributed by atoms with E-state index < -0.39 is 5.63 Å². The van der Waals surface area contributed by atoms with Gasteiger partial charge in [-0.05, 0) is 29.1 Å². The number of benzene rings is 1. The van der Waals surface area contributed by atoms with Crippen LogP contribution >= 0.6 is 23.1 Å². The van der Waals surface area contributed by atoms with E-state index >= 15 is 0 Å². The molecule has 0 saturated carbocycles. The maximum atomic E-state index is 11.9. The van der Waals surface area contributed by atoms with E-state index in [9.17, 15) is 9.59 Å². The Balaban J connectivity index is 1.68. The molecule has 0 spiro atoms. The molecule has 3 aromatic heterocycles. The fourth-order valence-electron chi connectivity index (χ4n) is 2.65. The van der Waals surface area contributed by atoms with E-state index in [2.05, 4.69) is 15.3 Å². The molecule has 0 bridgehead atoms. The number of fused-ring (bicyclic) bond motifs is 2. The second kappa shape index (κ2) is 6.89. The lowest BCUT2D eigenvalue weighted by atomic mass is 10.1. The van der Waals surface area contributed by atoms with Crippen molar-refractivity contribution in [3.8, 4) is 0 Å². The van der Waals surface area contributed by atoms with Crippen molar-refractivity contribution < 1.29 is 9.21 Å². The van der Waals surface area contributed by atoms with Crippen LogP contribution in [0.1, 0.15) is 12.5 Å². The highest BCUT2D eigenvalue weighted by atomic mass is 32.2. The summed E-state index contributed by atoms with van der Waals surface area (Å²) in [5, 5.41) is 6.40. The Morgan fingerprint density at radius 2 is 2.15 bits per heavy atom. The van der Waals surface area contributed by atoms with Gasteiger partial charge in [0.25, 0.3) is 0 Å². The minimum atomic E-state index is -0.419. The normalized spacial score (nSPS) is 11.1. The molecule has 4 rings (SSSR count). The third kappa shape index (κ3) is 3.33. The van der Waals surface area contributed by atoms with Gasteiger partial charge in [-0.3, -0.25) is 4.79 Å². The lowest BCUT2D eigenvalue weighted by Gasteiger charge is -2.07. The topological polar surface area (TPSA) is 85.1 Å². The number of nitrogens with zero attached hydrogens (tertiary/aromatic N) is 2. The fourth-order valence-corrected chi connectivity index (χ4v) is 4.58. The average Bonchev–Trinajstić information content (AvgIpc) is 3.08. The first-order chi connectivity index (χ1) is 12.6. The lowest BCUT2D eigenvalue weighted by molar-refractivity contribution is -0.114. The van der Waals surface area contributed by atoms with Crippen LogP contribution in [0.2, 0.25) is 0 Å². The predicted molar refractivity (Wildman–Crippen MR) is 104 cm³/mol. The largest absolute Gasteiger partial charge is 0.423 e. The highest BCUT2D eigenvalue weighted by molar-refractivity contribution is 7.98. The third-order valence-electron chi connectivity index (χ3n) is 3.73. The monoisotopic (exact) mass is 383 g/mol. The maximum absolute atomic E-state index is 11.9. The first-order valence-corrected chi connectivity index (χ1v) is 9.62. The summed E-state index contributed by atoms with van der Waals surface area (Å²) in [6.45, 7) is 1.43. The van der Waals surface area contributed by atoms with Crippen molar-refractivity contribution in [2.75, 3.05) is 5.32 Å². The smallest absolute Gasteiger partial charge is 0.336 e. The Bertz CT molecular complexity index is 1180. The molecule has 8 heteroatoms. The Morgan fingerprint density at radius 1 is 1.27 bits per heavy atom. The molecule has 130 valence electrons. The molecule has 26 heavy (non-hydrogen) atoms. The zero-order chi connectivity index (χ0) is 18.1. The van der Waals surface area contributed by atoms with Crippen LogP contribution in [0, 0.1) is 0 Å². The van der Waals surface area contributed by atoms with Crippen molar-refractivity contribution >= 4 is 55.9 Å². The Morgan fingerprint density at radius 3 is 3.00 bits per heavy atom. The SMILES string of the molecule is CC(=O)Nc1ccc2c(CSc3ncnc4ccsc34)cc(=O)oc2c1. The van der Waals surface area contributed by atoms with Crippen LogP contribution in [-0.4, -0.2) is 15.9 Å². The minimum Gasteiger partial charge on any atom is -0.423 e. The number of carbonyl (C=O) groups excluding carboxylic acids is 1. The van der Waals surface area contributed by atoms with Gasteiger partial charge in [0.1, 0.15) is 16.9 Å². The third-order valence-corrected chi connectivity index (χ3v) is 5.80. The summed E-state index contributed by atoms with van der Waals surface area (Å²) < 4.78 is 6.33. The lowest BCUT2D eigenvalue weighted by Crippen LogP contribution is -2.06. The van der Waals surface area contributed by atoms with E-state index in [1.54, 1.807) is 41.6 Å². The van der Waals surface area contributed by atoms with Crippen molar-refractivity contribution in [3.63, 3.8) is 0 Å². The van der Waals surface area contributed by atoms with Gasteiger partial charge in [0.2, 0.25) is 5.91 Å². The molecule has 4 aromatic rings. The summed E-state index contributed by atoms with van der Waals surface area (Å²) in [5.41, 5.74) is 2.40. The summed E-state index contributed by atoms with van der Waals surface area (Å²) in [7, 11) is 0. The van der Waals surface area contributed by atoms with Gasteiger partial charge in [-0.15, -0.1) is 23.1 Å². The molecule has 0 aliphatic carbocycles. The molecule has 0 aliphatic rings. The molecular formula is C18H13N3O3S2. The molecule has 0 radical (unpaired) electrons. The average molecular weight is 383 g/mol. The molecule has 6 nitrogen and oxygen atoms in total. The van der Waals surface area contributed by atoms with Crippen molar-refractivity contribution in [2.45, 2.75) is 17.7 Å². The van der Waals surface area contributed by atoms with Gasteiger partial charge in [-0.25, -0.2) is 14.8 Å². The first-order valence-electron chi connectivity index (χ1n) is 7.75. The Labute approximate surface area is 156 Å². The molecule has 0 atom stereocenters. The highest BCUT2D eigenvalue weighted by Gasteiger charge is 2.10. The van der Waals surface area contributed by atoms with Crippen molar-refractivity contribution in [1.82, 2.24) is 9.97 Å². The van der Waals surface area contributed by atoms with E-state index in [1.165, 1.54) is 13.0 Å². The quantitative estimate of drug-likeness (QED) is 0.325. The van der Waals surface area contributed by atoms with Crippen LogP contribution in [-0.2, 0) is 10.5 Å². The van der Waals surface area contributed by atoms with E-state index in [0.717, 1.165) is 26.2 Å². The van der Waals surface area contributed by atoms with Gasteiger partial charge in [0, 0.05) is 35.9 Å². The Hall–Kier alpha value is -2.71. The van der Waals surface area contributed by atoms with Gasteiger partial charge in [-0.1, -0.05) is 0 Å². The van der Waals surface area contributed by atoms with Crippen LogP contribution in [0.4, 0.5) is 5.69 Å². The summed E-state index contributed by atoms with van der Waals surface area (Å²) in [4.78, 5) is 31.7. The number of thiophene rings is 1. The number of hydrogen-bond donors (Lipinski definition) is 1. The zero-order valence-corrected chi connectivity index (χ0v) is 15.3. The van der Waals surface area contributed by atoms with Crippen LogP contribution < -0.4 is 10.9 Å². The summed E-state index contributed by atoms with van der Waals surface area (Å²) in [6, 6.07) is 8.76. The minimum absolute atomic E-state index is 0.179. The molecule has 0 unspecified atom stereocenters. The number of anilines is 1. The number of thioether (sulfide) groups is 1. The number of amides is 1. The number of carbonyl (C=O) groups is 1. The summed E-state index contributed by atoms with van der Waals surface area (Å²) in [5.74, 6) is 0.396. The molecule has 0 saturated heterocycles. The van der Waals surface area contributed by atoms with Crippen molar-refractivity contribution in [1.29, 1.82) is 0 Å². The predicted octanol–water partition coefficient (Wildman–Crippen LogP) is 4.05. The van der Waals surface area contributed by atoms with Crippen molar-refractivity contribution in [2.24, 2.45) is 0 Å². The van der Waals surface area contributed by atoms with Gasteiger partial charge in [-0.2, -0.15) is 0 Å². The summed E-state index contributed by atoms with van der Waals surface area (Å²) >= 11 is 3.15. The van der Waals surface area contributed by atoms with Crippen LogP contribution in [0.15, 0.2) is 56.3 Å². The number of hydrogen-bond acceptors (Lipinski definition) is 7. The standard InChI is InChI=1S/C18H13N3O3S2/c1-10(22)21-12-2-3-13-11(6-16(23)24-15(13)7-12)8-26-18-17-14(4-5-25-17)19-9-20-18/h2-7,9H,8H2,1H3,(H,21,22). The number of rotatable bonds is 4. The number of nitrogens with one attached hydrogen (secondary N) is 1. The van der Waals surface area contributed by atoms with Crippen LogP contribution in [0.25, 0.3) is 21.2 Å². The second-order valence-corrected chi connectivity index (χ2v) is 7.47. The fraction of sp³-hybridized carbons (Fsp3) is 0.111. The maximum Gasteiger partial charge on any atom is 0.336 e. The van der Waals surface area contributed by atoms with E-state index in [0.29, 0.717) is 17.0 Å². The molecular weight excluding hydrogens is 370 g/mol. The first kappa shape index (κ1) is 16.7. The van der Waals surface area contributed by atoms with Crippen molar-refractivity contribution in [3.05, 3.63) is 58.0 Å². The Kier molecular flexibility index (Phi) is 4.44. The number of aromatic nitrogens is 2. The summed E-state index contributed by atoms with van der Waals surface area (Å²) in [6.07, 6.45) is 1.55. The van der Waals surface area contributed by atoms with Gasteiger partial charge >= 0.3 is 5.63 Å². The highest BCUT2D eigenvalue weighted by Crippen LogP contribution is 2.32. The second-order valence-electron chi connectivity index (χ2n) is 5.59. The zero-order valence-electron chi connectivity index (χ0n) is 13.7. The van der Waals surface area contributed by atoms with Gasteiger partial charge in [0.05, 0.1) is 10.2 Å². The van der Waals surface area contributed by atoms with E-state index in [4.69, 9.17) is 4.42 Å². The van der Waals surface area contributed by atoms with Gasteiger partial charge < -0.3 is 9.73 Å². The van der Waals surface area contributed by atoms with Crippen LogP contribution in [0.5, 0.6) is 0 Å².